The third-order valence-corrected chi connectivity index (χ3v) is 4.68. The SMILES string of the molecule is Cn1ccnc1[C@@H]1OCCC[C@H]1CN[C@@H]1CCC[C@H]1O. The van der Waals surface area contributed by atoms with Crippen LogP contribution in [0.5, 0.6) is 0 Å². The van der Waals surface area contributed by atoms with Crippen molar-refractivity contribution in [2.75, 3.05) is 13.2 Å². The first-order chi connectivity index (χ1) is 9.75. The molecule has 2 N–H and O–H groups in total. The number of rotatable bonds is 4. The van der Waals surface area contributed by atoms with E-state index in [2.05, 4.69) is 10.3 Å². The van der Waals surface area contributed by atoms with E-state index in [1.807, 2.05) is 24.0 Å². The van der Waals surface area contributed by atoms with Crippen LogP contribution < -0.4 is 5.32 Å². The maximum atomic E-state index is 9.90. The number of hydrogen-bond donors (Lipinski definition) is 2. The molecule has 2 aliphatic rings. The zero-order valence-corrected chi connectivity index (χ0v) is 12.2. The van der Waals surface area contributed by atoms with Gasteiger partial charge in [0.2, 0.25) is 0 Å². The number of aromatic nitrogens is 2. The Bertz CT molecular complexity index is 435. The molecule has 112 valence electrons. The quantitative estimate of drug-likeness (QED) is 0.874. The molecule has 0 spiro atoms. The molecule has 4 atom stereocenters. The van der Waals surface area contributed by atoms with E-state index < -0.39 is 0 Å². The topological polar surface area (TPSA) is 59.3 Å². The fraction of sp³-hybridized carbons (Fsp3) is 0.800. The number of ether oxygens (including phenoxy) is 1. The lowest BCUT2D eigenvalue weighted by molar-refractivity contribution is -0.0359. The van der Waals surface area contributed by atoms with Crippen molar-refractivity contribution < 1.29 is 9.84 Å². The Kier molecular flexibility index (Phi) is 4.38. The monoisotopic (exact) mass is 279 g/mol. The van der Waals surface area contributed by atoms with E-state index in [0.29, 0.717) is 5.92 Å². The Labute approximate surface area is 120 Å². The molecule has 2 fully saturated rings. The summed E-state index contributed by atoms with van der Waals surface area (Å²) < 4.78 is 8.02. The minimum atomic E-state index is -0.175. The standard InChI is InChI=1S/C15H25N3O2/c1-18-8-7-16-15(18)14-11(4-3-9-20-14)10-17-12-5-2-6-13(12)19/h7-8,11-14,17,19H,2-6,9-10H2,1H3/t11-,12+,13+,14+/m0/s1. The average Bonchev–Trinajstić information content (AvgIpc) is 3.06. The van der Waals surface area contributed by atoms with Crippen molar-refractivity contribution in [2.24, 2.45) is 13.0 Å². The van der Waals surface area contributed by atoms with E-state index in [1.165, 1.54) is 0 Å². The Balaban J connectivity index is 1.62. The third-order valence-electron chi connectivity index (χ3n) is 4.68. The average molecular weight is 279 g/mol. The van der Waals surface area contributed by atoms with Crippen LogP contribution in [0.3, 0.4) is 0 Å². The highest BCUT2D eigenvalue weighted by Crippen LogP contribution is 2.32. The van der Waals surface area contributed by atoms with Gasteiger partial charge in [-0.1, -0.05) is 0 Å². The molecule has 0 radical (unpaired) electrons. The smallest absolute Gasteiger partial charge is 0.137 e. The summed E-state index contributed by atoms with van der Waals surface area (Å²) in [6, 6.07) is 0.263. The van der Waals surface area contributed by atoms with Crippen LogP contribution in [0.2, 0.25) is 0 Å². The molecule has 1 aromatic rings. The Morgan fingerprint density at radius 3 is 3.00 bits per heavy atom. The first-order valence-corrected chi connectivity index (χ1v) is 7.76. The van der Waals surface area contributed by atoms with Crippen LogP contribution in [0.25, 0.3) is 0 Å². The Morgan fingerprint density at radius 2 is 2.30 bits per heavy atom. The van der Waals surface area contributed by atoms with Gasteiger partial charge >= 0.3 is 0 Å². The van der Waals surface area contributed by atoms with Crippen molar-refractivity contribution in [3.05, 3.63) is 18.2 Å². The number of aliphatic hydroxyl groups excluding tert-OH is 1. The fourth-order valence-electron chi connectivity index (χ4n) is 3.47. The summed E-state index contributed by atoms with van der Waals surface area (Å²) in [5.74, 6) is 1.46. The molecule has 0 aromatic carbocycles. The van der Waals surface area contributed by atoms with Crippen LogP contribution in [0.1, 0.15) is 44.0 Å². The normalized spacial score (nSPS) is 34.5. The number of imidazole rings is 1. The summed E-state index contributed by atoms with van der Waals surface area (Å²) in [6.07, 6.45) is 9.12. The van der Waals surface area contributed by atoms with Crippen LogP contribution in [0.4, 0.5) is 0 Å². The molecule has 0 amide bonds. The van der Waals surface area contributed by atoms with Gasteiger partial charge in [0.05, 0.1) is 6.10 Å². The minimum Gasteiger partial charge on any atom is -0.392 e. The van der Waals surface area contributed by atoms with Gasteiger partial charge in [0.1, 0.15) is 11.9 Å². The largest absolute Gasteiger partial charge is 0.392 e. The van der Waals surface area contributed by atoms with E-state index in [4.69, 9.17) is 4.74 Å². The first-order valence-electron chi connectivity index (χ1n) is 7.76. The molecule has 3 rings (SSSR count). The molecule has 1 aliphatic carbocycles. The van der Waals surface area contributed by atoms with Gasteiger partial charge in [-0.05, 0) is 32.1 Å². The minimum absolute atomic E-state index is 0.0785. The second-order valence-electron chi connectivity index (χ2n) is 6.10. The molecular formula is C15H25N3O2. The summed E-state index contributed by atoms with van der Waals surface area (Å²) in [5, 5.41) is 13.4. The second-order valence-corrected chi connectivity index (χ2v) is 6.10. The van der Waals surface area contributed by atoms with Gasteiger partial charge in [-0.25, -0.2) is 4.98 Å². The Hall–Kier alpha value is -0.910. The van der Waals surface area contributed by atoms with E-state index in [1.54, 1.807) is 0 Å². The highest BCUT2D eigenvalue weighted by atomic mass is 16.5. The third kappa shape index (κ3) is 2.90. The van der Waals surface area contributed by atoms with Crippen LogP contribution in [0.15, 0.2) is 12.4 Å². The summed E-state index contributed by atoms with van der Waals surface area (Å²) in [6.45, 7) is 1.72. The van der Waals surface area contributed by atoms with Gasteiger partial charge in [-0.15, -0.1) is 0 Å². The maximum Gasteiger partial charge on any atom is 0.137 e. The molecular weight excluding hydrogens is 254 g/mol. The summed E-state index contributed by atoms with van der Waals surface area (Å²) in [7, 11) is 2.02. The van der Waals surface area contributed by atoms with Crippen LogP contribution in [0, 0.1) is 5.92 Å². The summed E-state index contributed by atoms with van der Waals surface area (Å²) in [4.78, 5) is 4.45. The van der Waals surface area contributed by atoms with Crippen LogP contribution in [-0.2, 0) is 11.8 Å². The predicted octanol–water partition coefficient (Wildman–Crippen LogP) is 1.39. The number of hydrogen-bond acceptors (Lipinski definition) is 4. The van der Waals surface area contributed by atoms with Crippen molar-refractivity contribution in [3.63, 3.8) is 0 Å². The number of aliphatic hydroxyl groups is 1. The van der Waals surface area contributed by atoms with Gasteiger partial charge in [-0.3, -0.25) is 0 Å². The zero-order chi connectivity index (χ0) is 13.9. The molecule has 1 saturated heterocycles. The van der Waals surface area contributed by atoms with Gasteiger partial charge in [0, 0.05) is 44.6 Å². The van der Waals surface area contributed by atoms with Gasteiger partial charge in [-0.2, -0.15) is 0 Å². The lowest BCUT2D eigenvalue weighted by Gasteiger charge is -2.32. The van der Waals surface area contributed by atoms with Crippen molar-refractivity contribution in [2.45, 2.75) is 50.4 Å². The molecule has 0 bridgehead atoms. The fourth-order valence-corrected chi connectivity index (χ4v) is 3.47. The maximum absolute atomic E-state index is 9.90. The first kappa shape index (κ1) is 14.0. The molecule has 1 aromatic heterocycles. The molecule has 5 nitrogen and oxygen atoms in total. The van der Waals surface area contributed by atoms with E-state index in [-0.39, 0.29) is 18.2 Å². The van der Waals surface area contributed by atoms with Gasteiger partial charge < -0.3 is 19.7 Å². The van der Waals surface area contributed by atoms with Crippen LogP contribution in [-0.4, -0.2) is 40.0 Å². The molecule has 20 heavy (non-hydrogen) atoms. The van der Waals surface area contributed by atoms with E-state index in [9.17, 15) is 5.11 Å². The van der Waals surface area contributed by atoms with Gasteiger partial charge in [0.25, 0.3) is 0 Å². The molecule has 5 heteroatoms. The van der Waals surface area contributed by atoms with Gasteiger partial charge in [0.15, 0.2) is 0 Å². The molecule has 2 heterocycles. The lowest BCUT2D eigenvalue weighted by Crippen LogP contribution is -2.41. The zero-order valence-electron chi connectivity index (χ0n) is 12.2. The van der Waals surface area contributed by atoms with Crippen molar-refractivity contribution in [1.82, 2.24) is 14.9 Å². The highest BCUT2D eigenvalue weighted by molar-refractivity contribution is 5.00. The predicted molar refractivity (Wildman–Crippen MR) is 76.3 cm³/mol. The summed E-state index contributed by atoms with van der Waals surface area (Å²) >= 11 is 0. The second kappa shape index (κ2) is 6.24. The molecule has 1 saturated carbocycles. The van der Waals surface area contributed by atoms with Crippen molar-refractivity contribution in [1.29, 1.82) is 0 Å². The highest BCUT2D eigenvalue weighted by Gasteiger charge is 2.32. The molecule has 0 unspecified atom stereocenters. The Morgan fingerprint density at radius 1 is 1.40 bits per heavy atom. The number of nitrogens with zero attached hydrogens (tertiary/aromatic N) is 2. The van der Waals surface area contributed by atoms with Crippen molar-refractivity contribution in [3.8, 4) is 0 Å². The lowest BCUT2D eigenvalue weighted by atomic mass is 9.93. The van der Waals surface area contributed by atoms with E-state index >= 15 is 0 Å². The number of aryl methyl sites for hydroxylation is 1. The summed E-state index contributed by atoms with van der Waals surface area (Å²) in [5.41, 5.74) is 0. The van der Waals surface area contributed by atoms with Crippen molar-refractivity contribution >= 4 is 0 Å². The van der Waals surface area contributed by atoms with Crippen LogP contribution >= 0.6 is 0 Å². The molecule has 1 aliphatic heterocycles. The van der Waals surface area contributed by atoms with E-state index in [0.717, 1.165) is 51.1 Å². The number of nitrogens with one attached hydrogen (secondary N) is 1.